The quantitative estimate of drug-likeness (QED) is 0.710. The SMILES string of the molecule is COCCOCC(C)NCc1sccc1C. The fraction of sp³-hybridized carbons (Fsp3) is 0.667. The van der Waals surface area contributed by atoms with E-state index in [1.807, 2.05) is 0 Å². The van der Waals surface area contributed by atoms with Gasteiger partial charge in [-0.3, -0.25) is 0 Å². The van der Waals surface area contributed by atoms with E-state index in [1.165, 1.54) is 10.4 Å². The predicted octanol–water partition coefficient (Wildman–Crippen LogP) is 2.20. The zero-order valence-corrected chi connectivity index (χ0v) is 11.1. The molecule has 3 nitrogen and oxygen atoms in total. The van der Waals surface area contributed by atoms with Crippen molar-refractivity contribution in [3.63, 3.8) is 0 Å². The zero-order chi connectivity index (χ0) is 11.8. The van der Waals surface area contributed by atoms with Gasteiger partial charge in [0.15, 0.2) is 0 Å². The van der Waals surface area contributed by atoms with Gasteiger partial charge < -0.3 is 14.8 Å². The lowest BCUT2D eigenvalue weighted by Gasteiger charge is -2.13. The predicted molar refractivity (Wildman–Crippen MR) is 68.1 cm³/mol. The van der Waals surface area contributed by atoms with Crippen molar-refractivity contribution in [2.24, 2.45) is 0 Å². The lowest BCUT2D eigenvalue weighted by atomic mass is 10.3. The van der Waals surface area contributed by atoms with E-state index in [1.54, 1.807) is 18.4 Å². The Morgan fingerprint density at radius 2 is 2.25 bits per heavy atom. The van der Waals surface area contributed by atoms with Gasteiger partial charge in [0, 0.05) is 24.6 Å². The Bertz CT molecular complexity index is 288. The number of hydrogen-bond acceptors (Lipinski definition) is 4. The van der Waals surface area contributed by atoms with E-state index in [4.69, 9.17) is 9.47 Å². The third-order valence-corrected chi connectivity index (χ3v) is 3.40. The molecule has 1 heterocycles. The van der Waals surface area contributed by atoms with Crippen molar-refractivity contribution in [3.8, 4) is 0 Å². The molecule has 1 unspecified atom stereocenters. The highest BCUT2D eigenvalue weighted by molar-refractivity contribution is 7.10. The third-order valence-electron chi connectivity index (χ3n) is 2.38. The molecule has 0 aliphatic rings. The maximum atomic E-state index is 5.45. The Labute approximate surface area is 102 Å². The lowest BCUT2D eigenvalue weighted by molar-refractivity contribution is 0.0608. The van der Waals surface area contributed by atoms with Crippen molar-refractivity contribution in [2.45, 2.75) is 26.4 Å². The highest BCUT2D eigenvalue weighted by atomic mass is 32.1. The maximum absolute atomic E-state index is 5.45. The average molecular weight is 243 g/mol. The normalized spacial score (nSPS) is 12.9. The van der Waals surface area contributed by atoms with Crippen LogP contribution >= 0.6 is 11.3 Å². The molecule has 0 aromatic carbocycles. The monoisotopic (exact) mass is 243 g/mol. The second kappa shape index (κ2) is 7.79. The minimum absolute atomic E-state index is 0.373. The molecule has 0 bridgehead atoms. The van der Waals surface area contributed by atoms with Crippen LogP contribution in [-0.4, -0.2) is 33.0 Å². The van der Waals surface area contributed by atoms with Crippen LogP contribution in [0.4, 0.5) is 0 Å². The Balaban J connectivity index is 2.10. The van der Waals surface area contributed by atoms with Gasteiger partial charge in [-0.25, -0.2) is 0 Å². The molecule has 1 rings (SSSR count). The molecule has 0 aliphatic heterocycles. The van der Waals surface area contributed by atoms with Gasteiger partial charge in [-0.05, 0) is 30.9 Å². The van der Waals surface area contributed by atoms with Crippen molar-refractivity contribution in [2.75, 3.05) is 26.9 Å². The average Bonchev–Trinajstić information content (AvgIpc) is 2.67. The van der Waals surface area contributed by atoms with Crippen molar-refractivity contribution in [3.05, 3.63) is 21.9 Å². The number of rotatable bonds is 8. The van der Waals surface area contributed by atoms with Crippen molar-refractivity contribution in [1.82, 2.24) is 5.32 Å². The van der Waals surface area contributed by atoms with Crippen LogP contribution in [-0.2, 0) is 16.0 Å². The molecule has 0 aliphatic carbocycles. The van der Waals surface area contributed by atoms with Crippen LogP contribution in [0, 0.1) is 6.92 Å². The summed E-state index contributed by atoms with van der Waals surface area (Å²) in [5.41, 5.74) is 1.37. The van der Waals surface area contributed by atoms with E-state index in [0.29, 0.717) is 19.3 Å². The second-order valence-electron chi connectivity index (χ2n) is 3.88. The lowest BCUT2D eigenvalue weighted by Crippen LogP contribution is -2.30. The molecule has 1 atom stereocenters. The van der Waals surface area contributed by atoms with Gasteiger partial charge in [0.05, 0.1) is 19.8 Å². The maximum Gasteiger partial charge on any atom is 0.0701 e. The van der Waals surface area contributed by atoms with E-state index in [2.05, 4.69) is 30.6 Å². The van der Waals surface area contributed by atoms with Crippen LogP contribution in [0.5, 0.6) is 0 Å². The van der Waals surface area contributed by atoms with Crippen molar-refractivity contribution in [1.29, 1.82) is 0 Å². The highest BCUT2D eigenvalue weighted by Gasteiger charge is 2.04. The summed E-state index contributed by atoms with van der Waals surface area (Å²) in [4.78, 5) is 1.41. The van der Waals surface area contributed by atoms with E-state index < -0.39 is 0 Å². The van der Waals surface area contributed by atoms with Crippen LogP contribution in [0.25, 0.3) is 0 Å². The fourth-order valence-corrected chi connectivity index (χ4v) is 2.17. The topological polar surface area (TPSA) is 30.5 Å². The number of hydrogen-bond donors (Lipinski definition) is 1. The van der Waals surface area contributed by atoms with Gasteiger partial charge in [0.1, 0.15) is 0 Å². The molecule has 16 heavy (non-hydrogen) atoms. The largest absolute Gasteiger partial charge is 0.382 e. The summed E-state index contributed by atoms with van der Waals surface area (Å²) < 4.78 is 10.4. The summed E-state index contributed by atoms with van der Waals surface area (Å²) in [6.07, 6.45) is 0. The summed E-state index contributed by atoms with van der Waals surface area (Å²) >= 11 is 1.80. The van der Waals surface area contributed by atoms with Crippen LogP contribution in [0.3, 0.4) is 0 Å². The molecular formula is C12H21NO2S. The minimum atomic E-state index is 0.373. The summed E-state index contributed by atoms with van der Waals surface area (Å²) in [5.74, 6) is 0. The van der Waals surface area contributed by atoms with E-state index in [0.717, 1.165) is 13.2 Å². The van der Waals surface area contributed by atoms with Gasteiger partial charge in [-0.2, -0.15) is 0 Å². The first-order chi connectivity index (χ1) is 7.74. The Morgan fingerprint density at radius 1 is 1.44 bits per heavy atom. The minimum Gasteiger partial charge on any atom is -0.382 e. The molecule has 1 aromatic heterocycles. The number of nitrogens with one attached hydrogen (secondary N) is 1. The smallest absolute Gasteiger partial charge is 0.0701 e. The molecule has 0 fully saturated rings. The Hall–Kier alpha value is -0.420. The highest BCUT2D eigenvalue weighted by Crippen LogP contribution is 2.14. The zero-order valence-electron chi connectivity index (χ0n) is 10.3. The number of aryl methyl sites for hydroxylation is 1. The van der Waals surface area contributed by atoms with Crippen molar-refractivity contribution >= 4 is 11.3 Å². The van der Waals surface area contributed by atoms with Gasteiger partial charge in [-0.15, -0.1) is 11.3 Å². The molecule has 0 radical (unpaired) electrons. The summed E-state index contributed by atoms with van der Waals surface area (Å²) in [7, 11) is 1.69. The second-order valence-corrected chi connectivity index (χ2v) is 4.88. The molecule has 0 saturated heterocycles. The van der Waals surface area contributed by atoms with Crippen LogP contribution in [0.2, 0.25) is 0 Å². The first-order valence-electron chi connectivity index (χ1n) is 5.57. The molecule has 1 aromatic rings. The molecule has 4 heteroatoms. The third kappa shape index (κ3) is 5.07. The van der Waals surface area contributed by atoms with Gasteiger partial charge >= 0.3 is 0 Å². The molecule has 1 N–H and O–H groups in total. The van der Waals surface area contributed by atoms with Gasteiger partial charge in [-0.1, -0.05) is 0 Å². The first kappa shape index (κ1) is 13.6. The number of ether oxygens (including phenoxy) is 2. The molecule has 92 valence electrons. The van der Waals surface area contributed by atoms with Crippen molar-refractivity contribution < 1.29 is 9.47 Å². The first-order valence-corrected chi connectivity index (χ1v) is 6.45. The fourth-order valence-electron chi connectivity index (χ4n) is 1.31. The van der Waals surface area contributed by atoms with Gasteiger partial charge in [0.2, 0.25) is 0 Å². The molecule has 0 spiro atoms. The molecular weight excluding hydrogens is 222 g/mol. The number of methoxy groups -OCH3 is 1. The van der Waals surface area contributed by atoms with E-state index in [9.17, 15) is 0 Å². The number of thiophene rings is 1. The molecule has 0 saturated carbocycles. The van der Waals surface area contributed by atoms with E-state index >= 15 is 0 Å². The van der Waals surface area contributed by atoms with Crippen LogP contribution in [0.15, 0.2) is 11.4 Å². The standard InChI is InChI=1S/C12H21NO2S/c1-10-4-7-16-12(10)8-13-11(2)9-15-6-5-14-3/h4,7,11,13H,5-6,8-9H2,1-3H3. The van der Waals surface area contributed by atoms with E-state index in [-0.39, 0.29) is 0 Å². The summed E-state index contributed by atoms with van der Waals surface area (Å²) in [6.45, 7) is 7.27. The summed E-state index contributed by atoms with van der Waals surface area (Å²) in [6, 6.07) is 2.53. The Morgan fingerprint density at radius 3 is 2.88 bits per heavy atom. The Kier molecular flexibility index (Phi) is 6.64. The molecule has 0 amide bonds. The summed E-state index contributed by atoms with van der Waals surface area (Å²) in [5, 5.41) is 5.58. The van der Waals surface area contributed by atoms with Crippen LogP contribution < -0.4 is 5.32 Å². The van der Waals surface area contributed by atoms with Crippen LogP contribution in [0.1, 0.15) is 17.4 Å². The van der Waals surface area contributed by atoms with Gasteiger partial charge in [0.25, 0.3) is 0 Å².